The van der Waals surface area contributed by atoms with Crippen molar-refractivity contribution in [2.24, 2.45) is 28.7 Å². The second kappa shape index (κ2) is 14.1. The van der Waals surface area contributed by atoms with E-state index in [1.807, 2.05) is 0 Å². The number of rotatable bonds is 9. The molecule has 4 rings (SSSR count). The van der Waals surface area contributed by atoms with Crippen LogP contribution < -0.4 is 28.7 Å². The normalized spacial score (nSPS) is 53.8. The molecule has 4 fully saturated rings. The van der Waals surface area contributed by atoms with E-state index in [9.17, 15) is 40.9 Å². The first-order valence-corrected chi connectivity index (χ1v) is 13.8. The molecular formula is C23H45N5O14. The highest BCUT2D eigenvalue weighted by molar-refractivity contribution is 5.02. The van der Waals surface area contributed by atoms with Crippen LogP contribution in [0.4, 0.5) is 0 Å². The second-order valence-electron chi connectivity index (χ2n) is 11.2. The third-order valence-corrected chi connectivity index (χ3v) is 8.32. The summed E-state index contributed by atoms with van der Waals surface area (Å²) in [5.41, 5.74) is 30.0. The van der Waals surface area contributed by atoms with Crippen LogP contribution in [0.5, 0.6) is 0 Å². The summed E-state index contributed by atoms with van der Waals surface area (Å²) in [6.45, 7) is -1.50. The van der Waals surface area contributed by atoms with Crippen LogP contribution in [-0.4, -0.2) is 177 Å². The highest BCUT2D eigenvalue weighted by Crippen LogP contribution is 2.34. The number of hydrogen-bond acceptors (Lipinski definition) is 19. The predicted molar refractivity (Wildman–Crippen MR) is 136 cm³/mol. The molecule has 0 aromatic carbocycles. The fourth-order valence-corrected chi connectivity index (χ4v) is 5.70. The van der Waals surface area contributed by atoms with Gasteiger partial charge in [-0.05, 0) is 6.42 Å². The van der Waals surface area contributed by atoms with Crippen LogP contribution in [0.15, 0.2) is 0 Å². The van der Waals surface area contributed by atoms with Gasteiger partial charge in [-0.2, -0.15) is 0 Å². The van der Waals surface area contributed by atoms with Gasteiger partial charge in [-0.15, -0.1) is 0 Å². The maximum absolute atomic E-state index is 11.1. The van der Waals surface area contributed by atoms with Gasteiger partial charge in [-0.3, -0.25) is 0 Å². The van der Waals surface area contributed by atoms with Crippen molar-refractivity contribution in [2.75, 3.05) is 19.8 Å². The number of aliphatic hydroxyl groups is 8. The molecule has 1 saturated carbocycles. The minimum atomic E-state index is -1.64. The zero-order valence-corrected chi connectivity index (χ0v) is 22.7. The van der Waals surface area contributed by atoms with E-state index in [1.165, 1.54) is 0 Å². The molecule has 0 radical (unpaired) electrons. The van der Waals surface area contributed by atoms with Crippen LogP contribution >= 0.6 is 0 Å². The molecule has 18 N–H and O–H groups in total. The topological polar surface area (TPSA) is 347 Å². The Hall–Kier alpha value is -0.760. The Kier molecular flexibility index (Phi) is 11.5. The lowest BCUT2D eigenvalue weighted by atomic mass is 9.84. The largest absolute Gasteiger partial charge is 0.394 e. The summed E-state index contributed by atoms with van der Waals surface area (Å²) in [6.07, 6.45) is -20.5. The highest BCUT2D eigenvalue weighted by Gasteiger charge is 2.54. The Morgan fingerprint density at radius 1 is 0.524 bits per heavy atom. The summed E-state index contributed by atoms with van der Waals surface area (Å²) in [5.74, 6) is 0. The highest BCUT2D eigenvalue weighted by atomic mass is 16.8. The van der Waals surface area contributed by atoms with E-state index in [0.717, 1.165) is 0 Å². The van der Waals surface area contributed by atoms with Crippen molar-refractivity contribution in [3.05, 3.63) is 0 Å². The van der Waals surface area contributed by atoms with Gasteiger partial charge in [0.15, 0.2) is 18.9 Å². The molecule has 4 aliphatic rings. The average molecular weight is 616 g/mol. The molecule has 0 aromatic rings. The zero-order chi connectivity index (χ0) is 31.0. The number of ether oxygens (including phenoxy) is 6. The summed E-state index contributed by atoms with van der Waals surface area (Å²) in [4.78, 5) is 0. The van der Waals surface area contributed by atoms with Crippen LogP contribution in [0.2, 0.25) is 0 Å². The van der Waals surface area contributed by atoms with E-state index in [4.69, 9.17) is 57.1 Å². The molecule has 3 aliphatic heterocycles. The smallest absolute Gasteiger partial charge is 0.187 e. The maximum atomic E-state index is 11.1. The summed E-state index contributed by atoms with van der Waals surface area (Å²) in [5, 5.41) is 82.2. The van der Waals surface area contributed by atoms with Gasteiger partial charge in [0.1, 0.15) is 67.1 Å². The Labute approximate surface area is 240 Å². The molecular weight excluding hydrogens is 570 g/mol. The van der Waals surface area contributed by atoms with E-state index < -0.39 is 129 Å². The fourth-order valence-electron chi connectivity index (χ4n) is 5.70. The van der Waals surface area contributed by atoms with Crippen LogP contribution in [0.1, 0.15) is 6.42 Å². The van der Waals surface area contributed by atoms with Crippen molar-refractivity contribution >= 4 is 0 Å². The molecule has 3 saturated heterocycles. The maximum Gasteiger partial charge on any atom is 0.187 e. The van der Waals surface area contributed by atoms with Gasteiger partial charge in [0.25, 0.3) is 0 Å². The Morgan fingerprint density at radius 3 is 1.55 bits per heavy atom. The van der Waals surface area contributed by atoms with E-state index in [0.29, 0.717) is 0 Å². The van der Waals surface area contributed by atoms with Crippen molar-refractivity contribution < 1.29 is 69.3 Å². The number of aliphatic hydroxyl groups excluding tert-OH is 8. The average Bonchev–Trinajstić information content (AvgIpc) is 3.27. The van der Waals surface area contributed by atoms with E-state index in [1.54, 1.807) is 0 Å². The summed E-state index contributed by atoms with van der Waals surface area (Å²) in [7, 11) is 0. The summed E-state index contributed by atoms with van der Waals surface area (Å²) >= 11 is 0. The molecule has 19 nitrogen and oxygen atoms in total. The Balaban J connectivity index is 1.50. The molecule has 19 atom stereocenters. The molecule has 42 heavy (non-hydrogen) atoms. The van der Waals surface area contributed by atoms with Gasteiger partial charge in [-0.1, -0.05) is 0 Å². The van der Waals surface area contributed by atoms with Gasteiger partial charge in [-0.25, -0.2) is 0 Å². The molecule has 246 valence electrons. The van der Waals surface area contributed by atoms with Gasteiger partial charge >= 0.3 is 0 Å². The minimum absolute atomic E-state index is 0.0787. The van der Waals surface area contributed by atoms with Gasteiger partial charge in [0.2, 0.25) is 0 Å². The van der Waals surface area contributed by atoms with Crippen LogP contribution in [0, 0.1) is 0 Å². The summed E-state index contributed by atoms with van der Waals surface area (Å²) in [6, 6.07) is -4.27. The Bertz CT molecular complexity index is 866. The Morgan fingerprint density at radius 2 is 1.00 bits per heavy atom. The minimum Gasteiger partial charge on any atom is -0.394 e. The SMILES string of the molecule is NC[C@H]1O[C@H](O[C@H]2[C@H](O[C@@H]3O[C@H](CO)[C@@H](O[C@H]4O[C@H](CO)[C@@H](O)[C@H](O)[C@H]4N)[C@H]3O)[C@@H](O)[C@H](N)C[C@@H]2N)[C@H](N)[C@@H](O)[C@@H]1O. The summed E-state index contributed by atoms with van der Waals surface area (Å²) < 4.78 is 34.4. The van der Waals surface area contributed by atoms with Crippen LogP contribution in [0.25, 0.3) is 0 Å². The van der Waals surface area contributed by atoms with Gasteiger partial charge < -0.3 is 97.9 Å². The first kappa shape index (κ1) is 34.1. The fraction of sp³-hybridized carbons (Fsp3) is 1.00. The predicted octanol–water partition coefficient (Wildman–Crippen LogP) is -8.86. The van der Waals surface area contributed by atoms with Crippen molar-refractivity contribution in [1.82, 2.24) is 0 Å². The van der Waals surface area contributed by atoms with Crippen molar-refractivity contribution in [2.45, 2.75) is 123 Å². The lowest BCUT2D eigenvalue weighted by Crippen LogP contribution is -2.68. The van der Waals surface area contributed by atoms with E-state index in [2.05, 4.69) is 0 Å². The first-order valence-electron chi connectivity index (χ1n) is 13.8. The van der Waals surface area contributed by atoms with Crippen molar-refractivity contribution in [3.63, 3.8) is 0 Å². The van der Waals surface area contributed by atoms with Crippen molar-refractivity contribution in [3.8, 4) is 0 Å². The van der Waals surface area contributed by atoms with E-state index in [-0.39, 0.29) is 13.0 Å². The number of nitrogens with two attached hydrogens (primary N) is 5. The van der Waals surface area contributed by atoms with Crippen LogP contribution in [-0.2, 0) is 28.4 Å². The van der Waals surface area contributed by atoms with E-state index >= 15 is 0 Å². The molecule has 3 heterocycles. The molecule has 0 spiro atoms. The van der Waals surface area contributed by atoms with Gasteiger partial charge in [0.05, 0.1) is 31.4 Å². The lowest BCUT2D eigenvalue weighted by Gasteiger charge is -2.47. The molecule has 0 aromatic heterocycles. The van der Waals surface area contributed by atoms with Crippen molar-refractivity contribution in [1.29, 1.82) is 0 Å². The quantitative estimate of drug-likeness (QED) is 0.114. The number of hydrogen-bond donors (Lipinski definition) is 13. The lowest BCUT2D eigenvalue weighted by molar-refractivity contribution is -0.307. The van der Waals surface area contributed by atoms with Gasteiger partial charge in [0, 0.05) is 18.6 Å². The zero-order valence-electron chi connectivity index (χ0n) is 22.7. The third kappa shape index (κ3) is 6.60. The molecule has 0 bridgehead atoms. The monoisotopic (exact) mass is 615 g/mol. The first-order chi connectivity index (χ1) is 19.8. The second-order valence-corrected chi connectivity index (χ2v) is 11.2. The molecule has 1 aliphatic carbocycles. The standard InChI is InChI=1S/C23H45N5O14/c24-2-7-13(32)15(34)10(27)21(37-7)40-18-6(26)1-5(25)12(31)20(18)42-23-17(36)19(9(4-30)39-23)41-22-11(28)16(35)14(33)8(3-29)38-22/h5-23,29-36H,1-4,24-28H2/t5-,6+,7-,8-,9-,10-,11-,12+,13-,14-,15-,16-,17-,18-,19-,20-,21-,22-,23+/m1/s1. The molecule has 19 heteroatoms. The third-order valence-electron chi connectivity index (χ3n) is 8.32. The molecule has 0 unspecified atom stereocenters. The van der Waals surface area contributed by atoms with Crippen LogP contribution in [0.3, 0.4) is 0 Å². The molecule has 0 amide bonds.